The first-order valence-electron chi connectivity index (χ1n) is 5.66. The Labute approximate surface area is 104 Å². The topological polar surface area (TPSA) is 96.5 Å². The van der Waals surface area contributed by atoms with Gasteiger partial charge in [-0.25, -0.2) is 0 Å². The number of rotatable bonds is 2. The summed E-state index contributed by atoms with van der Waals surface area (Å²) in [5.41, 5.74) is -0.305. The number of carboxylic acid groups (broad SMARTS) is 1. The van der Waals surface area contributed by atoms with Crippen LogP contribution >= 0.6 is 0 Å². The summed E-state index contributed by atoms with van der Waals surface area (Å²) in [4.78, 5) is 23.8. The van der Waals surface area contributed by atoms with E-state index in [9.17, 15) is 9.59 Å². The van der Waals surface area contributed by atoms with E-state index in [4.69, 9.17) is 9.52 Å². The molecule has 7 nitrogen and oxygen atoms in total. The van der Waals surface area contributed by atoms with Gasteiger partial charge in [0.25, 0.3) is 0 Å². The third-order valence-corrected chi connectivity index (χ3v) is 2.76. The van der Waals surface area contributed by atoms with Crippen molar-refractivity contribution in [2.75, 3.05) is 11.4 Å². The summed E-state index contributed by atoms with van der Waals surface area (Å²) in [6.07, 6.45) is -0.0252. The summed E-state index contributed by atoms with van der Waals surface area (Å²) in [6, 6.07) is 0.0775. The van der Waals surface area contributed by atoms with Gasteiger partial charge in [-0.05, 0) is 0 Å². The molecule has 1 unspecified atom stereocenters. The first-order valence-corrected chi connectivity index (χ1v) is 5.66. The van der Waals surface area contributed by atoms with E-state index in [1.807, 2.05) is 20.8 Å². The zero-order valence-electron chi connectivity index (χ0n) is 10.5. The number of nitrogens with zero attached hydrogens (tertiary/aromatic N) is 3. The first-order chi connectivity index (χ1) is 8.29. The fourth-order valence-electron chi connectivity index (χ4n) is 1.69. The Bertz CT molecular complexity index is 489. The van der Waals surface area contributed by atoms with Gasteiger partial charge >= 0.3 is 12.0 Å². The van der Waals surface area contributed by atoms with Gasteiger partial charge < -0.3 is 9.52 Å². The van der Waals surface area contributed by atoms with Gasteiger partial charge in [-0.15, -0.1) is 5.10 Å². The Morgan fingerprint density at radius 2 is 2.11 bits per heavy atom. The Morgan fingerprint density at radius 3 is 2.56 bits per heavy atom. The van der Waals surface area contributed by atoms with Crippen molar-refractivity contribution in [2.45, 2.75) is 32.6 Å². The molecule has 1 saturated heterocycles. The Balaban J connectivity index is 2.20. The summed E-state index contributed by atoms with van der Waals surface area (Å²) in [5.74, 6) is -1.57. The molecule has 0 aromatic carbocycles. The second-order valence-electron chi connectivity index (χ2n) is 5.38. The van der Waals surface area contributed by atoms with Crippen LogP contribution in [0, 0.1) is 5.92 Å². The lowest BCUT2D eigenvalue weighted by Gasteiger charge is -2.12. The molecule has 1 fully saturated rings. The highest BCUT2D eigenvalue weighted by Gasteiger charge is 2.38. The second kappa shape index (κ2) is 4.08. The molecular formula is C11H15N3O4. The van der Waals surface area contributed by atoms with Crippen molar-refractivity contribution < 1.29 is 19.1 Å². The third-order valence-electron chi connectivity index (χ3n) is 2.76. The van der Waals surface area contributed by atoms with E-state index in [1.165, 1.54) is 4.90 Å². The maximum Gasteiger partial charge on any atom is 0.325 e. The molecule has 1 aliphatic rings. The van der Waals surface area contributed by atoms with E-state index < -0.39 is 11.9 Å². The van der Waals surface area contributed by atoms with E-state index in [-0.39, 0.29) is 30.3 Å². The molecule has 0 spiro atoms. The number of aromatic nitrogens is 2. The molecule has 1 aliphatic heterocycles. The molecule has 7 heteroatoms. The van der Waals surface area contributed by atoms with Crippen LogP contribution in [0.15, 0.2) is 4.42 Å². The summed E-state index contributed by atoms with van der Waals surface area (Å²) in [7, 11) is 0. The minimum Gasteiger partial charge on any atom is -0.481 e. The number of carbonyl (C=O) groups excluding carboxylic acids is 1. The quantitative estimate of drug-likeness (QED) is 0.837. The third kappa shape index (κ3) is 2.20. The van der Waals surface area contributed by atoms with E-state index in [1.54, 1.807) is 0 Å². The van der Waals surface area contributed by atoms with E-state index in [2.05, 4.69) is 10.2 Å². The van der Waals surface area contributed by atoms with Crippen LogP contribution in [0.5, 0.6) is 0 Å². The molecule has 0 bridgehead atoms. The van der Waals surface area contributed by atoms with Gasteiger partial charge in [0.1, 0.15) is 0 Å². The second-order valence-corrected chi connectivity index (χ2v) is 5.38. The lowest BCUT2D eigenvalue weighted by Crippen LogP contribution is -2.26. The van der Waals surface area contributed by atoms with Crippen molar-refractivity contribution in [3.8, 4) is 0 Å². The molecule has 1 atom stereocenters. The SMILES string of the molecule is CC(C)(C)c1nnc(N2CC(C(=O)O)CC2=O)o1. The Kier molecular flexibility index (Phi) is 2.84. The van der Waals surface area contributed by atoms with Crippen LogP contribution in [0.4, 0.5) is 6.01 Å². The first kappa shape index (κ1) is 12.5. The molecule has 2 rings (SSSR count). The number of carboxylic acids is 1. The summed E-state index contributed by atoms with van der Waals surface area (Å²) in [5, 5.41) is 16.6. The average Bonchev–Trinajstić information content (AvgIpc) is 2.81. The molecule has 1 aromatic heterocycles. The van der Waals surface area contributed by atoms with Crippen LogP contribution in [0.3, 0.4) is 0 Å². The van der Waals surface area contributed by atoms with E-state index in [0.29, 0.717) is 5.89 Å². The highest BCUT2D eigenvalue weighted by atomic mass is 16.4. The molecule has 1 N–H and O–H groups in total. The average molecular weight is 253 g/mol. The number of anilines is 1. The normalized spacial score (nSPS) is 20.5. The molecule has 2 heterocycles. The van der Waals surface area contributed by atoms with Crippen molar-refractivity contribution >= 4 is 17.9 Å². The van der Waals surface area contributed by atoms with Crippen LogP contribution < -0.4 is 4.90 Å². The summed E-state index contributed by atoms with van der Waals surface area (Å²) < 4.78 is 5.42. The van der Waals surface area contributed by atoms with Crippen LogP contribution in [0.1, 0.15) is 33.1 Å². The monoisotopic (exact) mass is 253 g/mol. The van der Waals surface area contributed by atoms with Crippen LogP contribution in [-0.4, -0.2) is 33.7 Å². The molecule has 0 aliphatic carbocycles. The van der Waals surface area contributed by atoms with Crippen molar-refractivity contribution in [3.63, 3.8) is 0 Å². The molecule has 1 aromatic rings. The number of amides is 1. The predicted octanol–water partition coefficient (Wildman–Crippen LogP) is 0.805. The maximum atomic E-state index is 11.7. The van der Waals surface area contributed by atoms with Gasteiger partial charge in [0, 0.05) is 18.4 Å². The number of aliphatic carboxylic acids is 1. The zero-order valence-corrected chi connectivity index (χ0v) is 10.5. The van der Waals surface area contributed by atoms with Gasteiger partial charge in [-0.1, -0.05) is 25.9 Å². The minimum absolute atomic E-state index is 0.0252. The highest BCUT2D eigenvalue weighted by Crippen LogP contribution is 2.27. The summed E-state index contributed by atoms with van der Waals surface area (Å²) >= 11 is 0. The Hall–Kier alpha value is -1.92. The molecular weight excluding hydrogens is 238 g/mol. The van der Waals surface area contributed by atoms with Gasteiger partial charge in [-0.2, -0.15) is 0 Å². The van der Waals surface area contributed by atoms with Crippen molar-refractivity contribution in [2.24, 2.45) is 5.92 Å². The van der Waals surface area contributed by atoms with Crippen LogP contribution in [0.2, 0.25) is 0 Å². The standard InChI is InChI=1S/C11H15N3O4/c1-11(2,3)9-12-13-10(18-9)14-5-6(8(16)17)4-7(14)15/h6H,4-5H2,1-3H3,(H,16,17). The lowest BCUT2D eigenvalue weighted by molar-refractivity contribution is -0.141. The van der Waals surface area contributed by atoms with Gasteiger partial charge in [0.2, 0.25) is 11.8 Å². The van der Waals surface area contributed by atoms with E-state index >= 15 is 0 Å². The smallest absolute Gasteiger partial charge is 0.325 e. The fraction of sp³-hybridized carbons (Fsp3) is 0.636. The predicted molar refractivity (Wildman–Crippen MR) is 61.1 cm³/mol. The number of hydrogen-bond donors (Lipinski definition) is 1. The lowest BCUT2D eigenvalue weighted by atomic mass is 9.97. The molecule has 18 heavy (non-hydrogen) atoms. The van der Waals surface area contributed by atoms with Crippen LogP contribution in [0.25, 0.3) is 0 Å². The van der Waals surface area contributed by atoms with Crippen molar-refractivity contribution in [3.05, 3.63) is 5.89 Å². The fourth-order valence-corrected chi connectivity index (χ4v) is 1.69. The van der Waals surface area contributed by atoms with Crippen LogP contribution in [-0.2, 0) is 15.0 Å². The van der Waals surface area contributed by atoms with Gasteiger partial charge in [0.05, 0.1) is 5.92 Å². The van der Waals surface area contributed by atoms with E-state index in [0.717, 1.165) is 0 Å². The highest BCUT2D eigenvalue weighted by molar-refractivity contribution is 5.97. The maximum absolute atomic E-state index is 11.7. The van der Waals surface area contributed by atoms with Gasteiger partial charge in [-0.3, -0.25) is 14.5 Å². The number of carbonyl (C=O) groups is 2. The Morgan fingerprint density at radius 1 is 1.44 bits per heavy atom. The number of hydrogen-bond acceptors (Lipinski definition) is 5. The van der Waals surface area contributed by atoms with Gasteiger partial charge in [0.15, 0.2) is 0 Å². The minimum atomic E-state index is -0.985. The summed E-state index contributed by atoms with van der Waals surface area (Å²) in [6.45, 7) is 5.82. The van der Waals surface area contributed by atoms with Crippen molar-refractivity contribution in [1.29, 1.82) is 0 Å². The largest absolute Gasteiger partial charge is 0.481 e. The molecule has 0 radical (unpaired) electrons. The van der Waals surface area contributed by atoms with Crippen molar-refractivity contribution in [1.82, 2.24) is 10.2 Å². The molecule has 0 saturated carbocycles. The molecule has 1 amide bonds. The zero-order chi connectivity index (χ0) is 13.5. The molecule has 98 valence electrons.